The largest absolute Gasteiger partial charge is 0.397 e. The van der Waals surface area contributed by atoms with Gasteiger partial charge < -0.3 is 11.5 Å². The zero-order valence-corrected chi connectivity index (χ0v) is 8.59. The molecule has 0 heterocycles. The topological polar surface area (TPSA) is 170 Å². The first kappa shape index (κ1) is 14.1. The van der Waals surface area contributed by atoms with Crippen molar-refractivity contribution in [2.45, 2.75) is 0 Å². The van der Waals surface area contributed by atoms with E-state index in [2.05, 4.69) is 0 Å². The molecule has 0 aliphatic heterocycles. The number of hydrogen-bond donors (Lipinski definition) is 4. The fourth-order valence-corrected chi connectivity index (χ4v) is 0.676. The highest BCUT2D eigenvalue weighted by Crippen LogP contribution is 2.20. The lowest BCUT2D eigenvalue weighted by Crippen LogP contribution is -1.96. The van der Waals surface area contributed by atoms with Crippen LogP contribution in [0.1, 0.15) is 0 Å². The summed E-state index contributed by atoms with van der Waals surface area (Å²) in [7, 11) is -4.67. The summed E-state index contributed by atoms with van der Waals surface area (Å²) in [5.74, 6) is 0. The minimum Gasteiger partial charge on any atom is -0.397 e. The summed E-state index contributed by atoms with van der Waals surface area (Å²) in [5, 5.41) is 10.2. The van der Waals surface area contributed by atoms with E-state index >= 15 is 0 Å². The number of nitro groups is 1. The van der Waals surface area contributed by atoms with E-state index in [4.69, 9.17) is 29.0 Å². The van der Waals surface area contributed by atoms with Crippen molar-refractivity contribution >= 4 is 27.5 Å². The fourth-order valence-electron chi connectivity index (χ4n) is 0.676. The number of rotatable bonds is 1. The van der Waals surface area contributed by atoms with Gasteiger partial charge in [-0.25, -0.2) is 0 Å². The third kappa shape index (κ3) is 6.53. The number of nitro benzene ring substituents is 1. The number of nitrogen functional groups attached to an aromatic ring is 2. The van der Waals surface area contributed by atoms with Gasteiger partial charge in [0.05, 0.1) is 16.3 Å². The van der Waals surface area contributed by atoms with E-state index in [1.54, 1.807) is 0 Å². The molecule has 0 amide bonds. The molecule has 0 fully saturated rings. The maximum absolute atomic E-state index is 10.2. The predicted octanol–water partition coefficient (Wildman–Crippen LogP) is 0.106. The Kier molecular flexibility index (Phi) is 4.62. The summed E-state index contributed by atoms with van der Waals surface area (Å²) in [6.45, 7) is 0. The zero-order valence-electron chi connectivity index (χ0n) is 7.77. The number of anilines is 2. The Hall–Kier alpha value is -1.91. The van der Waals surface area contributed by atoms with E-state index in [-0.39, 0.29) is 11.4 Å². The Balaban J connectivity index is 0.000000385. The van der Waals surface area contributed by atoms with Crippen molar-refractivity contribution in [1.29, 1.82) is 0 Å². The van der Waals surface area contributed by atoms with Gasteiger partial charge in [-0.05, 0) is 6.07 Å². The molecule has 90 valence electrons. The SMILES string of the molecule is Nc1ccc([N+](=O)[O-])cc1N.O=S(=O)(O)O. The van der Waals surface area contributed by atoms with E-state index in [1.165, 1.54) is 18.2 Å². The predicted molar refractivity (Wildman–Crippen MR) is 56.1 cm³/mol. The Morgan fingerprint density at radius 1 is 1.19 bits per heavy atom. The minimum absolute atomic E-state index is 0.0447. The Morgan fingerprint density at radius 3 is 1.94 bits per heavy atom. The van der Waals surface area contributed by atoms with Gasteiger partial charge in [0.1, 0.15) is 0 Å². The number of hydrogen-bond acceptors (Lipinski definition) is 6. The molecule has 0 aliphatic rings. The average molecular weight is 251 g/mol. The smallest absolute Gasteiger partial charge is 0.394 e. The molecular formula is C6H9N3O6S. The summed E-state index contributed by atoms with van der Waals surface area (Å²) in [6, 6.07) is 3.95. The van der Waals surface area contributed by atoms with Crippen molar-refractivity contribution in [2.75, 3.05) is 11.5 Å². The van der Waals surface area contributed by atoms with Crippen molar-refractivity contribution in [3.05, 3.63) is 28.3 Å². The molecule has 9 nitrogen and oxygen atoms in total. The highest BCUT2D eigenvalue weighted by atomic mass is 32.3. The summed E-state index contributed by atoms with van der Waals surface area (Å²) < 4.78 is 31.6. The molecule has 16 heavy (non-hydrogen) atoms. The molecule has 0 atom stereocenters. The number of nitrogens with two attached hydrogens (primary N) is 2. The Bertz CT molecular complexity index is 477. The average Bonchev–Trinajstić information content (AvgIpc) is 2.06. The van der Waals surface area contributed by atoms with Crippen LogP contribution in [0.15, 0.2) is 18.2 Å². The maximum atomic E-state index is 10.2. The number of nitrogens with zero attached hydrogens (tertiary/aromatic N) is 1. The first-order valence-electron chi connectivity index (χ1n) is 3.60. The van der Waals surface area contributed by atoms with Crippen LogP contribution >= 0.6 is 0 Å². The van der Waals surface area contributed by atoms with Gasteiger partial charge in [0, 0.05) is 12.1 Å². The number of benzene rings is 1. The summed E-state index contributed by atoms with van der Waals surface area (Å²) in [5.41, 5.74) is 11.2. The first-order valence-corrected chi connectivity index (χ1v) is 5.00. The van der Waals surface area contributed by atoms with Gasteiger partial charge in [0.15, 0.2) is 0 Å². The molecule has 1 aromatic carbocycles. The van der Waals surface area contributed by atoms with Crippen molar-refractivity contribution in [3.63, 3.8) is 0 Å². The quantitative estimate of drug-likeness (QED) is 0.235. The molecular weight excluding hydrogens is 242 g/mol. The molecule has 0 radical (unpaired) electrons. The third-order valence-electron chi connectivity index (χ3n) is 1.28. The van der Waals surface area contributed by atoms with Gasteiger partial charge in [0.2, 0.25) is 0 Å². The molecule has 10 heteroatoms. The Morgan fingerprint density at radius 2 is 1.62 bits per heavy atom. The van der Waals surface area contributed by atoms with Gasteiger partial charge >= 0.3 is 10.4 Å². The molecule has 6 N–H and O–H groups in total. The second-order valence-electron chi connectivity index (χ2n) is 2.52. The second kappa shape index (κ2) is 5.25. The number of non-ortho nitro benzene ring substituents is 1. The van der Waals surface area contributed by atoms with Crippen LogP contribution in [0.25, 0.3) is 0 Å². The van der Waals surface area contributed by atoms with E-state index < -0.39 is 15.3 Å². The lowest BCUT2D eigenvalue weighted by atomic mass is 10.2. The van der Waals surface area contributed by atoms with Gasteiger partial charge in [-0.2, -0.15) is 8.42 Å². The highest BCUT2D eigenvalue weighted by Gasteiger charge is 2.05. The van der Waals surface area contributed by atoms with Crippen molar-refractivity contribution in [1.82, 2.24) is 0 Å². The molecule has 0 saturated heterocycles. The van der Waals surface area contributed by atoms with Crippen LogP contribution < -0.4 is 11.5 Å². The molecule has 1 rings (SSSR count). The molecule has 1 aromatic rings. The van der Waals surface area contributed by atoms with Crippen molar-refractivity contribution < 1.29 is 22.4 Å². The fraction of sp³-hybridized carbons (Fsp3) is 0. The molecule has 0 saturated carbocycles. The van der Waals surface area contributed by atoms with Gasteiger partial charge in [-0.15, -0.1) is 0 Å². The third-order valence-corrected chi connectivity index (χ3v) is 1.28. The van der Waals surface area contributed by atoms with Crippen LogP contribution in [0.3, 0.4) is 0 Å². The van der Waals surface area contributed by atoms with Crippen LogP contribution in [-0.2, 0) is 10.4 Å². The lowest BCUT2D eigenvalue weighted by Gasteiger charge is -1.97. The molecule has 0 unspecified atom stereocenters. The second-order valence-corrected chi connectivity index (χ2v) is 3.41. The summed E-state index contributed by atoms with van der Waals surface area (Å²) in [4.78, 5) is 9.66. The molecule has 0 bridgehead atoms. The molecule has 0 aromatic heterocycles. The summed E-state index contributed by atoms with van der Waals surface area (Å²) in [6.07, 6.45) is 0. The van der Waals surface area contributed by atoms with Crippen LogP contribution in [0.2, 0.25) is 0 Å². The van der Waals surface area contributed by atoms with E-state index in [9.17, 15) is 10.1 Å². The first-order chi connectivity index (χ1) is 7.11. The van der Waals surface area contributed by atoms with Crippen LogP contribution in [0.5, 0.6) is 0 Å². The minimum atomic E-state index is -4.67. The lowest BCUT2D eigenvalue weighted by molar-refractivity contribution is -0.384. The van der Waals surface area contributed by atoms with Crippen LogP contribution in [-0.4, -0.2) is 22.4 Å². The molecule has 0 aliphatic carbocycles. The van der Waals surface area contributed by atoms with Crippen molar-refractivity contribution in [3.8, 4) is 0 Å². The molecule has 0 spiro atoms. The normalized spacial score (nSPS) is 10.1. The maximum Gasteiger partial charge on any atom is 0.394 e. The standard InChI is InChI=1S/C6H7N3O2.H2O4S/c7-5-2-1-4(9(10)11)3-6(5)8;1-5(2,3)4/h1-3H,7-8H2;(H2,1,2,3,4). The van der Waals surface area contributed by atoms with Crippen LogP contribution in [0.4, 0.5) is 17.1 Å². The van der Waals surface area contributed by atoms with Gasteiger partial charge in [-0.1, -0.05) is 0 Å². The summed E-state index contributed by atoms with van der Waals surface area (Å²) >= 11 is 0. The van der Waals surface area contributed by atoms with Crippen molar-refractivity contribution in [2.24, 2.45) is 0 Å². The van der Waals surface area contributed by atoms with E-state index in [1.807, 2.05) is 0 Å². The van der Waals surface area contributed by atoms with Gasteiger partial charge in [-0.3, -0.25) is 19.2 Å². The Labute approximate surface area is 90.4 Å². The van der Waals surface area contributed by atoms with E-state index in [0.29, 0.717) is 5.69 Å². The van der Waals surface area contributed by atoms with Gasteiger partial charge in [0.25, 0.3) is 5.69 Å². The van der Waals surface area contributed by atoms with Crippen LogP contribution in [0, 0.1) is 10.1 Å². The van der Waals surface area contributed by atoms with E-state index in [0.717, 1.165) is 0 Å². The monoisotopic (exact) mass is 251 g/mol. The zero-order chi connectivity index (χ0) is 12.9. The highest BCUT2D eigenvalue weighted by molar-refractivity contribution is 7.79.